The Morgan fingerprint density at radius 1 is 0.281 bits per heavy atom. The molecule has 0 aliphatic heterocycles. The number of aromatic hydroxyl groups is 2. The van der Waals surface area contributed by atoms with Gasteiger partial charge in [0.25, 0.3) is 0 Å². The molecular weight excluding hydrogens is 1890 g/mol. The molecule has 0 fully saturated rings. The quantitative estimate of drug-likeness (QED) is 0.00317. The molecule has 0 saturated heterocycles. The number of benzene rings is 10. The number of carboxylic acid groups (broad SMARTS) is 2. The molecule has 10 rings (SSSR count). The Balaban J connectivity index is 0. The Morgan fingerprint density at radius 3 is 0.698 bits per heavy atom. The van der Waals surface area contributed by atoms with Gasteiger partial charge in [-0.2, -0.15) is 0 Å². The zero-order valence-corrected chi connectivity index (χ0v) is 79.5. The summed E-state index contributed by atoms with van der Waals surface area (Å²) in [7, 11) is 0. The predicted octanol–water partition coefficient (Wildman–Crippen LogP) is 17.6. The highest BCUT2D eigenvalue weighted by Crippen LogP contribution is 2.24. The van der Waals surface area contributed by atoms with Crippen molar-refractivity contribution in [2.75, 3.05) is 52.9 Å². The molecule has 0 heterocycles. The number of phenols is 2. The Bertz CT molecular complexity index is 5290. The summed E-state index contributed by atoms with van der Waals surface area (Å²) < 4.78 is 63.0. The van der Waals surface area contributed by atoms with Gasteiger partial charge in [-0.15, -0.1) is 0 Å². The van der Waals surface area contributed by atoms with Crippen molar-refractivity contribution in [1.29, 1.82) is 0 Å². The minimum absolute atomic E-state index is 0. The van der Waals surface area contributed by atoms with Crippen LogP contribution in [-0.4, -0.2) is 154 Å². The molecule has 0 bridgehead atoms. The lowest BCUT2D eigenvalue weighted by Crippen LogP contribution is -3.00. The molecule has 139 heavy (non-hydrogen) atoms. The third-order valence-corrected chi connectivity index (χ3v) is 18.3. The number of phenolic OH excluding ortho intramolecular Hbond substituents is 2. The molecule has 746 valence electrons. The SMILES string of the molecule is C.C=CC(=O)OCCCCOc1ccc(C(=O)O)cc1.C=CC(=O)OCCCCOc1ccc(C(=O)Oc2ccc(C(=O)O)cc2)cc1.C=CC(=O)OCCCCOc1ccc(C(=O)Oc2ccc(C(=O)Oc3ccc(CCCCC)cc3)cc2)cc1.C=CC(=O)OCCCCOc1ccc(C(=O)Oc2ccc(C=O)cc2)cc1.CCCCCc1ccc(O)cc1.O=Cc1ccc(O)cc1.[2H-].[BH4-].[CH3-].[CH3-].[I-]. The van der Waals surface area contributed by atoms with Crippen molar-refractivity contribution >= 4 is 80.7 Å². The lowest BCUT2D eigenvalue weighted by molar-refractivity contribution is -0.138. The highest BCUT2D eigenvalue weighted by atomic mass is 127. The largest absolute Gasteiger partial charge is 1.00 e. The number of rotatable bonds is 48. The van der Waals surface area contributed by atoms with Crippen LogP contribution in [0.2, 0.25) is 0 Å². The van der Waals surface area contributed by atoms with E-state index in [4.69, 9.17) is 77.3 Å². The van der Waals surface area contributed by atoms with E-state index in [1.807, 2.05) is 24.3 Å². The van der Waals surface area contributed by atoms with Gasteiger partial charge in [0.1, 0.15) is 70.1 Å². The summed E-state index contributed by atoms with van der Waals surface area (Å²) in [5.74, 6) is -1.40. The number of aromatic carboxylic acids is 2. The molecule has 0 amide bonds. The average molecular weight is 2020 g/mol. The first-order chi connectivity index (χ1) is 64.9. The molecule has 10 aromatic rings. The normalized spacial score (nSPS) is 9.63. The molecule has 0 aliphatic rings. The van der Waals surface area contributed by atoms with Gasteiger partial charge in [-0.25, -0.2) is 47.9 Å². The first kappa shape index (κ1) is 124. The second kappa shape index (κ2) is 74.1. The minimum atomic E-state index is -1.05. The van der Waals surface area contributed by atoms with Crippen LogP contribution in [0.5, 0.6) is 57.5 Å². The summed E-state index contributed by atoms with van der Waals surface area (Å²) >= 11 is 0. The monoisotopic (exact) mass is 2020 g/mol. The first-order valence-electron chi connectivity index (χ1n) is 43.2. The number of aryl methyl sites for hydroxylation is 2. The maximum Gasteiger partial charge on any atom is 0.343 e. The molecule has 28 nitrogen and oxygen atoms in total. The molecule has 0 aliphatic carbocycles. The minimum Gasteiger partial charge on any atom is -1.00 e. The van der Waals surface area contributed by atoms with E-state index in [0.717, 1.165) is 69.0 Å². The Kier molecular flexibility index (Phi) is 66.0. The van der Waals surface area contributed by atoms with E-state index < -0.39 is 59.7 Å². The van der Waals surface area contributed by atoms with Gasteiger partial charge in [-0.1, -0.05) is 106 Å². The summed E-state index contributed by atoms with van der Waals surface area (Å²) in [5.41, 5.74) is 5.40. The van der Waals surface area contributed by atoms with Gasteiger partial charge < -0.3 is 118 Å². The molecule has 10 aromatic carbocycles. The van der Waals surface area contributed by atoms with E-state index in [1.54, 1.807) is 170 Å². The Hall–Kier alpha value is -15.2. The zero-order chi connectivity index (χ0) is 97.3. The van der Waals surface area contributed by atoms with Crippen LogP contribution in [-0.2, 0) is 51.0 Å². The van der Waals surface area contributed by atoms with Crippen LogP contribution in [0.4, 0.5) is 0 Å². The number of unbranched alkanes of at least 4 members (excludes halogenated alkanes) is 8. The average Bonchev–Trinajstić information content (AvgIpc) is 0.841. The maximum atomic E-state index is 12.5. The van der Waals surface area contributed by atoms with E-state index in [2.05, 4.69) is 40.2 Å². The van der Waals surface area contributed by atoms with Crippen LogP contribution in [0.3, 0.4) is 0 Å². The van der Waals surface area contributed by atoms with Crippen molar-refractivity contribution in [3.8, 4) is 57.5 Å². The Labute approximate surface area is 834 Å². The van der Waals surface area contributed by atoms with Crippen LogP contribution in [0.15, 0.2) is 293 Å². The number of ether oxygens (including phenoxy) is 12. The van der Waals surface area contributed by atoms with Crippen LogP contribution < -0.4 is 61.9 Å². The fourth-order valence-electron chi connectivity index (χ4n) is 11.0. The summed E-state index contributed by atoms with van der Waals surface area (Å²) in [4.78, 5) is 135. The number of esters is 8. The maximum absolute atomic E-state index is 12.5. The summed E-state index contributed by atoms with van der Waals surface area (Å²) in [6.07, 6.45) is 21.1. The van der Waals surface area contributed by atoms with Gasteiger partial charge in [0.05, 0.1) is 86.2 Å². The number of aldehydes is 2. The van der Waals surface area contributed by atoms with Crippen molar-refractivity contribution in [2.45, 2.75) is 124 Å². The van der Waals surface area contributed by atoms with Crippen molar-refractivity contribution < 1.29 is 160 Å². The topological polar surface area (TPSA) is 397 Å². The molecule has 0 aromatic heterocycles. The predicted molar refractivity (Wildman–Crippen MR) is 534 cm³/mol. The number of carbonyl (C=O) groups excluding carboxylic acids is 10. The molecule has 30 heteroatoms. The van der Waals surface area contributed by atoms with Crippen molar-refractivity contribution in [1.82, 2.24) is 0 Å². The summed E-state index contributed by atoms with van der Waals surface area (Å²) in [5, 5.41) is 35.3. The van der Waals surface area contributed by atoms with Gasteiger partial charge in [0, 0.05) is 35.4 Å². The number of carbonyl (C=O) groups is 12. The van der Waals surface area contributed by atoms with Gasteiger partial charge in [-0.3, -0.25) is 9.59 Å². The molecule has 0 spiro atoms. The number of carboxylic acids is 2. The second-order valence-electron chi connectivity index (χ2n) is 28.6. The molecule has 0 saturated carbocycles. The van der Waals surface area contributed by atoms with Crippen LogP contribution in [0, 0.1) is 14.9 Å². The van der Waals surface area contributed by atoms with E-state index in [9.17, 15) is 57.5 Å². The van der Waals surface area contributed by atoms with Gasteiger partial charge in [-0.05, 0) is 307 Å². The standard InChI is InChI=1S/C32H34O7.C21H20O7.C21H20O6.C14H16O5.C11H16O.C7H6O2.CH4.2CH3.BH4.HI.H/c1-3-5-6-9-24-10-16-28(17-11-24)38-32(35)26-14-20-29(21-15-26)39-31(34)25-12-18-27(19-13-25)36-22-7-8-23-37-30(33)4-2;1-2-19(22)27-14-4-3-13-26-17-9-7-16(8-10-17)21(25)28-18-11-5-15(6-12-18)20(23)24;1-2-20(23)26-14-4-3-13-25-18-11-7-17(8-12-18)21(24)27-19-9-5-16(15-22)6-10-19;1-2-13(15)19-10-4-3-9-18-12-7-5-11(6-8-12)14(16)17;1-2-3-4-5-10-6-8-11(12)9-7-10;8-5-6-1-3-7(9)4-2-6;;;;;;/h4,10-21H,2-3,5-9,22-23H2,1H3;2,5-12H,1,3-4,13-14H2,(H,23,24);2,5-12,15H,1,3-4,13-14H2;2,5-8H,1,3-4,9-10H2,(H,16,17);6-9,12H,2-5H2,1H3;1-5,9H;1H4;2*1H3;1H4;1H;/q;;;;;;;3*-1;;-1/p-1/i;;;;;;;;;;;1+1. The molecule has 4 N–H and O–H groups in total. The summed E-state index contributed by atoms with van der Waals surface area (Å²) in [6, 6.07) is 65.0. The third-order valence-electron chi connectivity index (χ3n) is 18.3. The summed E-state index contributed by atoms with van der Waals surface area (Å²) in [6.45, 7) is 20.8. The van der Waals surface area contributed by atoms with E-state index in [1.165, 1.54) is 91.8 Å². The lowest BCUT2D eigenvalue weighted by atomic mass is 10.1. The van der Waals surface area contributed by atoms with E-state index in [-0.39, 0.29) is 78.7 Å². The van der Waals surface area contributed by atoms with Crippen molar-refractivity contribution in [2.24, 2.45) is 0 Å². The number of hydrogen-bond acceptors (Lipinski definition) is 26. The number of hydrogen-bond donors (Lipinski definition) is 4. The van der Waals surface area contributed by atoms with Crippen LogP contribution >= 0.6 is 0 Å². The van der Waals surface area contributed by atoms with Gasteiger partial charge in [0.15, 0.2) is 0 Å². The van der Waals surface area contributed by atoms with E-state index in [0.29, 0.717) is 171 Å². The van der Waals surface area contributed by atoms with Crippen LogP contribution in [0.1, 0.15) is 207 Å². The molecule has 0 atom stereocenters. The number of halogens is 1. The zero-order valence-electron chi connectivity index (χ0n) is 78.3. The fraction of sp³-hybridized carbons (Fsp3) is 0.248. The molecule has 0 radical (unpaired) electrons. The third kappa shape index (κ3) is 53.6. The van der Waals surface area contributed by atoms with Gasteiger partial charge in [0.2, 0.25) is 0 Å². The van der Waals surface area contributed by atoms with E-state index >= 15 is 0 Å². The molecule has 0 unspecified atom stereocenters. The Morgan fingerprint density at radius 2 is 0.475 bits per heavy atom. The fourth-order valence-corrected chi connectivity index (χ4v) is 11.0. The van der Waals surface area contributed by atoms with Crippen molar-refractivity contribution in [3.63, 3.8) is 0 Å². The van der Waals surface area contributed by atoms with Crippen molar-refractivity contribution in [3.05, 3.63) is 364 Å². The lowest BCUT2D eigenvalue weighted by Gasteiger charge is -2.09. The van der Waals surface area contributed by atoms with Crippen LogP contribution in [0.25, 0.3) is 0 Å². The smallest absolute Gasteiger partial charge is 0.343 e. The highest BCUT2D eigenvalue weighted by Gasteiger charge is 2.16. The molecular formula is C109H127BIO28-5. The van der Waals surface area contributed by atoms with Gasteiger partial charge >= 0.3 is 59.7 Å². The first-order valence-corrected chi connectivity index (χ1v) is 43.2. The highest BCUT2D eigenvalue weighted by molar-refractivity contribution is 5.94. The second-order valence-corrected chi connectivity index (χ2v) is 28.6.